The van der Waals surface area contributed by atoms with E-state index in [-0.39, 0.29) is 17.9 Å². The molecule has 1 saturated heterocycles. The van der Waals surface area contributed by atoms with Crippen molar-refractivity contribution in [2.75, 3.05) is 0 Å². The van der Waals surface area contributed by atoms with Gasteiger partial charge in [-0.3, -0.25) is 14.6 Å². The van der Waals surface area contributed by atoms with E-state index in [1.807, 2.05) is 61.5 Å². The van der Waals surface area contributed by atoms with E-state index in [9.17, 15) is 14.7 Å². The molecule has 0 saturated carbocycles. The topological polar surface area (TPSA) is 70.5 Å². The molecule has 5 nitrogen and oxygen atoms in total. The minimum Gasteiger partial charge on any atom is -0.507 e. The Bertz CT molecular complexity index is 1090. The van der Waals surface area contributed by atoms with Gasteiger partial charge >= 0.3 is 0 Å². The molecule has 1 N–H and O–H groups in total. The Morgan fingerprint density at radius 2 is 1.67 bits per heavy atom. The number of aryl methyl sites for hydroxylation is 1. The number of pyridine rings is 1. The molecule has 3 aromatic rings. The lowest BCUT2D eigenvalue weighted by Gasteiger charge is -2.25. The third-order valence-electron chi connectivity index (χ3n) is 5.35. The fourth-order valence-corrected chi connectivity index (χ4v) is 3.74. The number of rotatable bonds is 5. The Balaban J connectivity index is 1.83. The number of hydrogen-bond acceptors (Lipinski definition) is 4. The lowest BCUT2D eigenvalue weighted by Crippen LogP contribution is -2.29. The normalized spacial score (nSPS) is 18.0. The smallest absolute Gasteiger partial charge is 0.296 e. The van der Waals surface area contributed by atoms with Crippen molar-refractivity contribution in [3.8, 4) is 0 Å². The molecule has 1 amide bonds. The third-order valence-corrected chi connectivity index (χ3v) is 5.35. The molecule has 150 valence electrons. The monoisotopic (exact) mass is 398 g/mol. The second-order valence-corrected chi connectivity index (χ2v) is 7.21. The van der Waals surface area contributed by atoms with Gasteiger partial charge in [0.15, 0.2) is 0 Å². The molecule has 5 heteroatoms. The number of aliphatic hydroxyl groups is 1. The Morgan fingerprint density at radius 1 is 0.967 bits per heavy atom. The second-order valence-electron chi connectivity index (χ2n) is 7.21. The van der Waals surface area contributed by atoms with Crippen molar-refractivity contribution in [2.24, 2.45) is 0 Å². The molecule has 0 spiro atoms. The van der Waals surface area contributed by atoms with Crippen LogP contribution < -0.4 is 0 Å². The van der Waals surface area contributed by atoms with Crippen molar-refractivity contribution >= 4 is 17.4 Å². The highest BCUT2D eigenvalue weighted by Crippen LogP contribution is 2.40. The highest BCUT2D eigenvalue weighted by molar-refractivity contribution is 6.46. The van der Waals surface area contributed by atoms with Crippen molar-refractivity contribution in [1.29, 1.82) is 0 Å². The van der Waals surface area contributed by atoms with E-state index < -0.39 is 17.7 Å². The van der Waals surface area contributed by atoms with Gasteiger partial charge in [0.25, 0.3) is 11.7 Å². The molecule has 1 aromatic heterocycles. The van der Waals surface area contributed by atoms with Crippen LogP contribution in [0.4, 0.5) is 0 Å². The van der Waals surface area contributed by atoms with Crippen LogP contribution in [0.1, 0.15) is 35.3 Å². The van der Waals surface area contributed by atoms with Gasteiger partial charge in [0.05, 0.1) is 23.9 Å². The molecule has 4 rings (SSSR count). The number of likely N-dealkylation sites (tertiary alicyclic amines) is 1. The fraction of sp³-hybridized carbons (Fsp3) is 0.160. The molecule has 0 aliphatic carbocycles. The van der Waals surface area contributed by atoms with Gasteiger partial charge in [0, 0.05) is 11.8 Å². The summed E-state index contributed by atoms with van der Waals surface area (Å²) in [5.74, 6) is -1.48. The van der Waals surface area contributed by atoms with E-state index in [2.05, 4.69) is 4.98 Å². The summed E-state index contributed by atoms with van der Waals surface area (Å²) in [5.41, 5.74) is 3.18. The minimum absolute atomic E-state index is 0.103. The van der Waals surface area contributed by atoms with Crippen molar-refractivity contribution in [1.82, 2.24) is 9.88 Å². The van der Waals surface area contributed by atoms with Gasteiger partial charge in [-0.15, -0.1) is 0 Å². The fourth-order valence-electron chi connectivity index (χ4n) is 3.74. The first-order valence-corrected chi connectivity index (χ1v) is 9.92. The lowest BCUT2D eigenvalue weighted by molar-refractivity contribution is -0.140. The maximum atomic E-state index is 13.0. The number of aliphatic hydroxyl groups excluding tert-OH is 1. The second kappa shape index (κ2) is 8.33. The van der Waals surface area contributed by atoms with E-state index >= 15 is 0 Å². The first-order chi connectivity index (χ1) is 14.6. The van der Waals surface area contributed by atoms with E-state index in [4.69, 9.17) is 0 Å². The SMILES string of the molecule is CCc1ccc(/C(O)=C2\C(=O)C(=O)N(Cc3ccccn3)C2c2ccccc2)cc1. The molecule has 1 aliphatic rings. The van der Waals surface area contributed by atoms with Crippen LogP contribution in [0.5, 0.6) is 0 Å². The zero-order valence-corrected chi connectivity index (χ0v) is 16.7. The average Bonchev–Trinajstić information content (AvgIpc) is 3.05. The largest absolute Gasteiger partial charge is 0.507 e. The van der Waals surface area contributed by atoms with Gasteiger partial charge in [-0.2, -0.15) is 0 Å². The summed E-state index contributed by atoms with van der Waals surface area (Å²) in [6, 6.07) is 21.4. The Morgan fingerprint density at radius 3 is 2.30 bits per heavy atom. The third kappa shape index (κ3) is 3.62. The first kappa shape index (κ1) is 19.6. The Kier molecular flexibility index (Phi) is 5.44. The van der Waals surface area contributed by atoms with Gasteiger partial charge in [-0.25, -0.2) is 0 Å². The molecule has 1 aliphatic heterocycles. The zero-order chi connectivity index (χ0) is 21.1. The van der Waals surface area contributed by atoms with Gasteiger partial charge in [-0.1, -0.05) is 67.6 Å². The predicted molar refractivity (Wildman–Crippen MR) is 114 cm³/mol. The van der Waals surface area contributed by atoms with Crippen LogP contribution in [0, 0.1) is 0 Å². The number of amides is 1. The van der Waals surface area contributed by atoms with Crippen molar-refractivity contribution in [2.45, 2.75) is 25.9 Å². The van der Waals surface area contributed by atoms with E-state index in [1.54, 1.807) is 24.4 Å². The summed E-state index contributed by atoms with van der Waals surface area (Å²) < 4.78 is 0. The van der Waals surface area contributed by atoms with Crippen LogP contribution in [0.2, 0.25) is 0 Å². The number of Topliss-reactive ketones (excluding diaryl/α,β-unsaturated/α-hetero) is 1. The van der Waals surface area contributed by atoms with Gasteiger partial charge < -0.3 is 10.0 Å². The summed E-state index contributed by atoms with van der Waals surface area (Å²) >= 11 is 0. The van der Waals surface area contributed by atoms with Gasteiger partial charge in [0.2, 0.25) is 0 Å². The van der Waals surface area contributed by atoms with Crippen LogP contribution in [0.15, 0.2) is 84.6 Å². The standard InChI is InChI=1S/C25H22N2O3/c1-2-17-11-13-19(14-12-17)23(28)21-22(18-8-4-3-5-9-18)27(25(30)24(21)29)16-20-10-6-7-15-26-20/h3-15,22,28H,2,16H2,1H3/b23-21+. The van der Waals surface area contributed by atoms with Crippen LogP contribution in [-0.4, -0.2) is 26.7 Å². The van der Waals surface area contributed by atoms with Crippen molar-refractivity contribution < 1.29 is 14.7 Å². The van der Waals surface area contributed by atoms with E-state index in [0.29, 0.717) is 11.3 Å². The quantitative estimate of drug-likeness (QED) is 0.396. The van der Waals surface area contributed by atoms with Crippen LogP contribution in [0.3, 0.4) is 0 Å². The number of carbonyl (C=O) groups is 2. The summed E-state index contributed by atoms with van der Waals surface area (Å²) in [6.45, 7) is 2.23. The van der Waals surface area contributed by atoms with Gasteiger partial charge in [0.1, 0.15) is 5.76 Å². The minimum atomic E-state index is -0.683. The molecule has 2 heterocycles. The predicted octanol–water partition coefficient (Wildman–Crippen LogP) is 4.27. The molecule has 0 bridgehead atoms. The summed E-state index contributed by atoms with van der Waals surface area (Å²) in [4.78, 5) is 31.7. The number of carbonyl (C=O) groups excluding carboxylic acids is 2. The molecule has 1 unspecified atom stereocenters. The summed E-state index contributed by atoms with van der Waals surface area (Å²) in [6.07, 6.45) is 2.53. The zero-order valence-electron chi connectivity index (χ0n) is 16.7. The number of nitrogens with zero attached hydrogens (tertiary/aromatic N) is 2. The number of aromatic nitrogens is 1. The molecular formula is C25H22N2O3. The molecule has 2 aromatic carbocycles. The Hall–Kier alpha value is -3.73. The average molecular weight is 398 g/mol. The van der Waals surface area contributed by atoms with Crippen LogP contribution >= 0.6 is 0 Å². The van der Waals surface area contributed by atoms with Crippen molar-refractivity contribution in [3.63, 3.8) is 0 Å². The highest BCUT2D eigenvalue weighted by atomic mass is 16.3. The van der Waals surface area contributed by atoms with Crippen LogP contribution in [0.25, 0.3) is 5.76 Å². The van der Waals surface area contributed by atoms with Gasteiger partial charge in [-0.05, 0) is 29.7 Å². The Labute approximate surface area is 175 Å². The molecule has 0 radical (unpaired) electrons. The van der Waals surface area contributed by atoms with E-state index in [1.165, 1.54) is 4.90 Å². The maximum Gasteiger partial charge on any atom is 0.296 e. The first-order valence-electron chi connectivity index (χ1n) is 9.92. The summed E-state index contributed by atoms with van der Waals surface area (Å²) in [5, 5.41) is 11.1. The molecule has 1 atom stereocenters. The van der Waals surface area contributed by atoms with Crippen molar-refractivity contribution in [3.05, 3.63) is 107 Å². The number of benzene rings is 2. The number of hydrogen-bond donors (Lipinski definition) is 1. The molecule has 1 fully saturated rings. The lowest BCUT2D eigenvalue weighted by atomic mass is 9.95. The number of ketones is 1. The van der Waals surface area contributed by atoms with E-state index in [0.717, 1.165) is 17.5 Å². The summed E-state index contributed by atoms with van der Waals surface area (Å²) in [7, 11) is 0. The molecular weight excluding hydrogens is 376 g/mol. The molecule has 30 heavy (non-hydrogen) atoms. The highest BCUT2D eigenvalue weighted by Gasteiger charge is 2.46. The van der Waals surface area contributed by atoms with Crippen LogP contribution in [-0.2, 0) is 22.6 Å². The maximum absolute atomic E-state index is 13.0.